The summed E-state index contributed by atoms with van der Waals surface area (Å²) in [6.45, 7) is 9.31. The van der Waals surface area contributed by atoms with E-state index in [9.17, 15) is 0 Å². The average Bonchev–Trinajstić information content (AvgIpc) is 3.04. The van der Waals surface area contributed by atoms with Gasteiger partial charge in [-0.05, 0) is 51.9 Å². The summed E-state index contributed by atoms with van der Waals surface area (Å²) in [6, 6.07) is 2.12. The van der Waals surface area contributed by atoms with E-state index in [1.165, 1.54) is 24.3 Å². The van der Waals surface area contributed by atoms with Crippen molar-refractivity contribution >= 4 is 41.7 Å². The van der Waals surface area contributed by atoms with Gasteiger partial charge in [0.25, 0.3) is 0 Å². The van der Waals surface area contributed by atoms with Gasteiger partial charge in [0.05, 0.1) is 5.69 Å². The number of rotatable bonds is 6. The largest absolute Gasteiger partial charge is 0.356 e. The van der Waals surface area contributed by atoms with Gasteiger partial charge in [-0.15, -0.1) is 24.0 Å². The summed E-state index contributed by atoms with van der Waals surface area (Å²) in [7, 11) is 1.83. The molecule has 0 spiro atoms. The predicted molar refractivity (Wildman–Crippen MR) is 111 cm³/mol. The van der Waals surface area contributed by atoms with Crippen LogP contribution in [0.5, 0.6) is 0 Å². The average molecular weight is 451 g/mol. The molecule has 132 valence electrons. The van der Waals surface area contributed by atoms with E-state index in [4.69, 9.17) is 0 Å². The summed E-state index contributed by atoms with van der Waals surface area (Å²) < 4.78 is 2.44. The number of aliphatic imine (C=N–C) groups is 1. The first-order valence-corrected chi connectivity index (χ1v) is 9.10. The molecule has 0 radical (unpaired) electrons. The molecule has 2 heterocycles. The molecule has 1 atom stereocenters. The van der Waals surface area contributed by atoms with Crippen molar-refractivity contribution in [2.24, 2.45) is 4.99 Å². The highest BCUT2D eigenvalue weighted by Crippen LogP contribution is 2.36. The van der Waals surface area contributed by atoms with Gasteiger partial charge in [-0.2, -0.15) is 16.9 Å². The van der Waals surface area contributed by atoms with Crippen LogP contribution in [0.3, 0.4) is 0 Å². The Morgan fingerprint density at radius 1 is 1.43 bits per heavy atom. The van der Waals surface area contributed by atoms with E-state index in [1.54, 1.807) is 0 Å². The molecule has 1 aliphatic heterocycles. The Balaban J connectivity index is 0.00000264. The molecule has 1 aromatic rings. The molecule has 1 unspecified atom stereocenters. The van der Waals surface area contributed by atoms with Crippen LogP contribution in [0.4, 0.5) is 0 Å². The van der Waals surface area contributed by atoms with Crippen LogP contribution in [0.1, 0.15) is 37.6 Å². The Morgan fingerprint density at radius 2 is 2.22 bits per heavy atom. The topological polar surface area (TPSA) is 54.2 Å². The van der Waals surface area contributed by atoms with Gasteiger partial charge in [0.15, 0.2) is 5.96 Å². The van der Waals surface area contributed by atoms with Crippen molar-refractivity contribution in [2.45, 2.75) is 51.3 Å². The summed E-state index contributed by atoms with van der Waals surface area (Å²) in [5, 5.41) is 11.3. The van der Waals surface area contributed by atoms with Crippen LogP contribution in [-0.4, -0.2) is 46.4 Å². The van der Waals surface area contributed by atoms with Crippen LogP contribution in [-0.2, 0) is 6.54 Å². The summed E-state index contributed by atoms with van der Waals surface area (Å²) in [6.07, 6.45) is 3.66. The molecule has 7 heteroatoms. The fraction of sp³-hybridized carbons (Fsp3) is 0.750. The molecule has 0 amide bonds. The highest BCUT2D eigenvalue weighted by atomic mass is 127. The molecule has 1 fully saturated rings. The lowest BCUT2D eigenvalue weighted by molar-refractivity contribution is 0.550. The van der Waals surface area contributed by atoms with E-state index in [0.29, 0.717) is 4.75 Å². The number of aryl methyl sites for hydroxylation is 3. The Hall–Kier alpha value is -0.440. The van der Waals surface area contributed by atoms with E-state index in [1.807, 2.05) is 14.0 Å². The Bertz CT molecular complexity index is 509. The van der Waals surface area contributed by atoms with Gasteiger partial charge in [-0.1, -0.05) is 0 Å². The second kappa shape index (κ2) is 9.76. The smallest absolute Gasteiger partial charge is 0.191 e. The molecule has 2 N–H and O–H groups in total. The summed E-state index contributed by atoms with van der Waals surface area (Å²) >= 11 is 2.07. The van der Waals surface area contributed by atoms with Gasteiger partial charge < -0.3 is 10.6 Å². The molecule has 0 bridgehead atoms. The van der Waals surface area contributed by atoms with E-state index in [0.717, 1.165) is 37.7 Å². The van der Waals surface area contributed by atoms with Gasteiger partial charge in [-0.3, -0.25) is 9.67 Å². The Kier molecular flexibility index (Phi) is 8.74. The zero-order valence-corrected chi connectivity index (χ0v) is 17.8. The minimum atomic E-state index is 0. The lowest BCUT2D eigenvalue weighted by Gasteiger charge is -2.24. The molecule has 0 aromatic carbocycles. The van der Waals surface area contributed by atoms with Crippen molar-refractivity contribution < 1.29 is 0 Å². The van der Waals surface area contributed by atoms with Crippen LogP contribution in [0, 0.1) is 13.8 Å². The van der Waals surface area contributed by atoms with Crippen LogP contribution < -0.4 is 10.6 Å². The van der Waals surface area contributed by atoms with E-state index >= 15 is 0 Å². The molecular weight excluding hydrogens is 421 g/mol. The lowest BCUT2D eigenvalue weighted by Crippen LogP contribution is -2.44. The molecule has 1 saturated heterocycles. The Morgan fingerprint density at radius 3 is 2.78 bits per heavy atom. The molecule has 23 heavy (non-hydrogen) atoms. The minimum Gasteiger partial charge on any atom is -0.356 e. The lowest BCUT2D eigenvalue weighted by atomic mass is 10.1. The molecular formula is C16H30IN5S. The maximum absolute atomic E-state index is 4.49. The predicted octanol–water partition coefficient (Wildman–Crippen LogP) is 2.96. The van der Waals surface area contributed by atoms with E-state index < -0.39 is 0 Å². The third kappa shape index (κ3) is 6.52. The van der Waals surface area contributed by atoms with Crippen molar-refractivity contribution in [2.75, 3.05) is 25.9 Å². The molecule has 1 aromatic heterocycles. The number of aromatic nitrogens is 2. The van der Waals surface area contributed by atoms with Gasteiger partial charge in [0, 0.05) is 37.1 Å². The van der Waals surface area contributed by atoms with Crippen molar-refractivity contribution in [3.05, 3.63) is 17.5 Å². The third-order valence-corrected chi connectivity index (χ3v) is 5.63. The van der Waals surface area contributed by atoms with Crippen LogP contribution in [0.15, 0.2) is 11.1 Å². The molecule has 0 aliphatic carbocycles. The first-order chi connectivity index (χ1) is 10.5. The first-order valence-electron chi connectivity index (χ1n) is 8.12. The standard InChI is InChI=1S/C16H29N5S.HI/c1-13-11-14(2)21(20-13)9-6-8-18-15(17-4)19-12-16(3)7-5-10-22-16;/h11H,5-10,12H2,1-4H3,(H2,17,18,19);1H. The number of hydrogen-bond acceptors (Lipinski definition) is 3. The van der Waals surface area contributed by atoms with Crippen LogP contribution >= 0.6 is 35.7 Å². The Labute approximate surface area is 161 Å². The van der Waals surface area contributed by atoms with Gasteiger partial charge in [0.1, 0.15) is 0 Å². The second-order valence-corrected chi connectivity index (χ2v) is 7.94. The number of halogens is 1. The van der Waals surface area contributed by atoms with Crippen molar-refractivity contribution in [1.29, 1.82) is 0 Å². The first kappa shape index (κ1) is 20.6. The van der Waals surface area contributed by atoms with Crippen molar-refractivity contribution in [1.82, 2.24) is 20.4 Å². The normalized spacial score (nSPS) is 21.1. The fourth-order valence-corrected chi connectivity index (χ4v) is 4.05. The maximum atomic E-state index is 4.49. The van der Waals surface area contributed by atoms with Gasteiger partial charge in [0.2, 0.25) is 0 Å². The number of guanidine groups is 1. The van der Waals surface area contributed by atoms with E-state index in [-0.39, 0.29) is 24.0 Å². The third-order valence-electron chi connectivity index (χ3n) is 4.10. The van der Waals surface area contributed by atoms with E-state index in [2.05, 4.69) is 57.1 Å². The zero-order valence-electron chi connectivity index (χ0n) is 14.7. The van der Waals surface area contributed by atoms with Crippen LogP contribution in [0.2, 0.25) is 0 Å². The molecule has 1 aliphatic rings. The number of hydrogen-bond donors (Lipinski definition) is 2. The second-order valence-electron chi connectivity index (χ2n) is 6.26. The quantitative estimate of drug-likeness (QED) is 0.302. The SMILES string of the molecule is CN=C(NCCCn1nc(C)cc1C)NCC1(C)CCCS1.I. The summed E-state index contributed by atoms with van der Waals surface area (Å²) in [5.74, 6) is 2.19. The number of nitrogens with one attached hydrogen (secondary N) is 2. The maximum Gasteiger partial charge on any atom is 0.191 e. The molecule has 2 rings (SSSR count). The van der Waals surface area contributed by atoms with Gasteiger partial charge in [-0.25, -0.2) is 0 Å². The zero-order chi connectivity index (χ0) is 16.0. The minimum absolute atomic E-state index is 0. The highest BCUT2D eigenvalue weighted by Gasteiger charge is 2.29. The summed E-state index contributed by atoms with van der Waals surface area (Å²) in [4.78, 5) is 4.31. The summed E-state index contributed by atoms with van der Waals surface area (Å²) in [5.41, 5.74) is 2.32. The van der Waals surface area contributed by atoms with Crippen LogP contribution in [0.25, 0.3) is 0 Å². The number of thioether (sulfide) groups is 1. The van der Waals surface area contributed by atoms with Gasteiger partial charge >= 0.3 is 0 Å². The number of nitrogens with zero attached hydrogens (tertiary/aromatic N) is 3. The van der Waals surface area contributed by atoms with Crippen molar-refractivity contribution in [3.63, 3.8) is 0 Å². The highest BCUT2D eigenvalue weighted by molar-refractivity contribution is 14.0. The molecule has 5 nitrogen and oxygen atoms in total. The molecule has 0 saturated carbocycles. The fourth-order valence-electron chi connectivity index (χ4n) is 2.80. The monoisotopic (exact) mass is 451 g/mol. The van der Waals surface area contributed by atoms with Crippen molar-refractivity contribution in [3.8, 4) is 0 Å².